The Hall–Kier alpha value is -2.50. The van der Waals surface area contributed by atoms with E-state index in [4.69, 9.17) is 14.0 Å². The quantitative estimate of drug-likeness (QED) is 0.867. The second-order valence-corrected chi connectivity index (χ2v) is 5.67. The molecule has 0 aliphatic carbocycles. The van der Waals surface area contributed by atoms with Gasteiger partial charge in [0.15, 0.2) is 5.69 Å². The Bertz CT molecular complexity index is 710. The smallest absolute Gasteiger partial charge is 0.276 e. The van der Waals surface area contributed by atoms with Crippen molar-refractivity contribution in [2.75, 3.05) is 27.3 Å². The van der Waals surface area contributed by atoms with E-state index in [1.165, 1.54) is 0 Å². The number of hydrogen-bond acceptors (Lipinski definition) is 5. The molecule has 3 rings (SSSR count). The monoisotopic (exact) mass is 316 g/mol. The molecule has 6 heteroatoms. The number of carbonyl (C=O) groups excluding carboxylic acids is 1. The van der Waals surface area contributed by atoms with Crippen LogP contribution in [0.5, 0.6) is 11.5 Å². The molecular formula is C17H20N2O4. The number of amides is 1. The van der Waals surface area contributed by atoms with Crippen LogP contribution in [-0.2, 0) is 0 Å². The SMILES string of the molecule is COc1ccc(OC)c([C@H]2CCN(C(=O)c3cc(C)on3)C2)c1. The molecular weight excluding hydrogens is 296 g/mol. The van der Waals surface area contributed by atoms with Crippen molar-refractivity contribution in [1.82, 2.24) is 10.1 Å². The van der Waals surface area contributed by atoms with Gasteiger partial charge in [0, 0.05) is 30.6 Å². The zero-order valence-electron chi connectivity index (χ0n) is 13.5. The van der Waals surface area contributed by atoms with Crippen molar-refractivity contribution in [2.45, 2.75) is 19.3 Å². The molecule has 1 atom stereocenters. The van der Waals surface area contributed by atoms with E-state index >= 15 is 0 Å². The van der Waals surface area contributed by atoms with Crippen molar-refractivity contribution >= 4 is 5.91 Å². The molecule has 1 aliphatic rings. The van der Waals surface area contributed by atoms with Crippen LogP contribution in [0.2, 0.25) is 0 Å². The largest absolute Gasteiger partial charge is 0.497 e. The number of carbonyl (C=O) groups is 1. The van der Waals surface area contributed by atoms with Crippen molar-refractivity contribution in [2.24, 2.45) is 0 Å². The average Bonchev–Trinajstić information content (AvgIpc) is 3.22. The third kappa shape index (κ3) is 3.02. The molecule has 1 saturated heterocycles. The molecule has 0 spiro atoms. The molecule has 1 aliphatic heterocycles. The van der Waals surface area contributed by atoms with Gasteiger partial charge in [0.1, 0.15) is 17.3 Å². The van der Waals surface area contributed by atoms with Crippen molar-refractivity contribution in [1.29, 1.82) is 0 Å². The number of aryl methyl sites for hydroxylation is 1. The van der Waals surface area contributed by atoms with Crippen LogP contribution in [0.15, 0.2) is 28.8 Å². The number of likely N-dealkylation sites (tertiary alicyclic amines) is 1. The van der Waals surface area contributed by atoms with Gasteiger partial charge in [-0.15, -0.1) is 0 Å². The zero-order chi connectivity index (χ0) is 16.4. The number of nitrogens with zero attached hydrogens (tertiary/aromatic N) is 2. The van der Waals surface area contributed by atoms with E-state index in [0.717, 1.165) is 23.5 Å². The van der Waals surface area contributed by atoms with Gasteiger partial charge in [-0.05, 0) is 31.5 Å². The van der Waals surface area contributed by atoms with E-state index in [1.807, 2.05) is 18.2 Å². The second kappa shape index (κ2) is 6.32. The first kappa shape index (κ1) is 15.4. The average molecular weight is 316 g/mol. The first-order valence-electron chi connectivity index (χ1n) is 7.57. The summed E-state index contributed by atoms with van der Waals surface area (Å²) in [5.74, 6) is 2.38. The number of methoxy groups -OCH3 is 2. The normalized spacial score (nSPS) is 17.3. The van der Waals surface area contributed by atoms with Crippen LogP contribution in [-0.4, -0.2) is 43.3 Å². The third-order valence-electron chi connectivity index (χ3n) is 4.20. The Labute approximate surface area is 135 Å². The Kier molecular flexibility index (Phi) is 4.23. The molecule has 0 N–H and O–H groups in total. The maximum absolute atomic E-state index is 12.5. The molecule has 2 aromatic rings. The predicted octanol–water partition coefficient (Wildman–Crippen LogP) is 2.63. The van der Waals surface area contributed by atoms with E-state index in [1.54, 1.807) is 32.1 Å². The van der Waals surface area contributed by atoms with Gasteiger partial charge in [0.05, 0.1) is 14.2 Å². The molecule has 0 radical (unpaired) electrons. The van der Waals surface area contributed by atoms with E-state index in [9.17, 15) is 4.79 Å². The van der Waals surface area contributed by atoms with Crippen LogP contribution in [0.25, 0.3) is 0 Å². The Morgan fingerprint density at radius 2 is 2.13 bits per heavy atom. The third-order valence-corrected chi connectivity index (χ3v) is 4.20. The van der Waals surface area contributed by atoms with Gasteiger partial charge in [-0.25, -0.2) is 0 Å². The number of benzene rings is 1. The van der Waals surface area contributed by atoms with Gasteiger partial charge in [0.2, 0.25) is 0 Å². The maximum Gasteiger partial charge on any atom is 0.276 e. The number of hydrogen-bond donors (Lipinski definition) is 0. The molecule has 1 aromatic heterocycles. The summed E-state index contributed by atoms with van der Waals surface area (Å²) in [6.07, 6.45) is 0.881. The van der Waals surface area contributed by atoms with Crippen LogP contribution >= 0.6 is 0 Å². The van der Waals surface area contributed by atoms with Crippen LogP contribution in [0.4, 0.5) is 0 Å². The van der Waals surface area contributed by atoms with Gasteiger partial charge >= 0.3 is 0 Å². The van der Waals surface area contributed by atoms with Crippen molar-refractivity contribution in [3.63, 3.8) is 0 Å². The lowest BCUT2D eigenvalue weighted by Crippen LogP contribution is -2.28. The highest BCUT2D eigenvalue weighted by molar-refractivity contribution is 5.92. The molecule has 2 heterocycles. The summed E-state index contributed by atoms with van der Waals surface area (Å²) in [5.41, 5.74) is 1.43. The molecule has 0 bridgehead atoms. The van der Waals surface area contributed by atoms with Crippen LogP contribution < -0.4 is 9.47 Å². The summed E-state index contributed by atoms with van der Waals surface area (Å²) >= 11 is 0. The van der Waals surface area contributed by atoms with Crippen LogP contribution in [0, 0.1) is 6.92 Å². The molecule has 0 saturated carbocycles. The Balaban J connectivity index is 1.78. The Morgan fingerprint density at radius 3 is 2.78 bits per heavy atom. The second-order valence-electron chi connectivity index (χ2n) is 5.67. The highest BCUT2D eigenvalue weighted by Crippen LogP contribution is 2.36. The van der Waals surface area contributed by atoms with E-state index in [0.29, 0.717) is 24.5 Å². The molecule has 6 nitrogen and oxygen atoms in total. The van der Waals surface area contributed by atoms with Crippen molar-refractivity contribution < 1.29 is 18.8 Å². The van der Waals surface area contributed by atoms with E-state index in [-0.39, 0.29) is 11.8 Å². The maximum atomic E-state index is 12.5. The van der Waals surface area contributed by atoms with Gasteiger partial charge in [-0.1, -0.05) is 5.16 Å². The molecule has 1 fully saturated rings. The number of rotatable bonds is 4. The molecule has 1 amide bonds. The van der Waals surface area contributed by atoms with Gasteiger partial charge < -0.3 is 18.9 Å². The lowest BCUT2D eigenvalue weighted by atomic mass is 9.97. The highest BCUT2D eigenvalue weighted by Gasteiger charge is 2.31. The highest BCUT2D eigenvalue weighted by atomic mass is 16.5. The lowest BCUT2D eigenvalue weighted by molar-refractivity contribution is 0.0780. The van der Waals surface area contributed by atoms with Gasteiger partial charge in [-0.2, -0.15) is 0 Å². The fourth-order valence-corrected chi connectivity index (χ4v) is 2.99. The first-order valence-corrected chi connectivity index (χ1v) is 7.57. The summed E-state index contributed by atoms with van der Waals surface area (Å²) in [6.45, 7) is 3.10. The summed E-state index contributed by atoms with van der Waals surface area (Å²) in [6, 6.07) is 7.43. The van der Waals surface area contributed by atoms with E-state index in [2.05, 4.69) is 5.16 Å². The minimum Gasteiger partial charge on any atom is -0.497 e. The van der Waals surface area contributed by atoms with Crippen molar-refractivity contribution in [3.8, 4) is 11.5 Å². The summed E-state index contributed by atoms with van der Waals surface area (Å²) in [7, 11) is 3.30. The molecule has 1 aromatic carbocycles. The fraction of sp³-hybridized carbons (Fsp3) is 0.412. The minimum atomic E-state index is -0.0915. The predicted molar refractivity (Wildman–Crippen MR) is 84.0 cm³/mol. The standard InChI is InChI=1S/C17H20N2O4/c1-11-8-15(18-23-11)17(20)19-7-6-12(10-19)14-9-13(21-2)4-5-16(14)22-3/h4-5,8-9,12H,6-7,10H2,1-3H3/t12-/m0/s1. The molecule has 23 heavy (non-hydrogen) atoms. The van der Waals surface area contributed by atoms with Crippen LogP contribution in [0.3, 0.4) is 0 Å². The topological polar surface area (TPSA) is 64.8 Å². The Morgan fingerprint density at radius 1 is 1.30 bits per heavy atom. The number of aromatic nitrogens is 1. The zero-order valence-corrected chi connectivity index (χ0v) is 13.5. The van der Waals surface area contributed by atoms with Gasteiger partial charge in [-0.3, -0.25) is 4.79 Å². The first-order chi connectivity index (χ1) is 11.1. The summed E-state index contributed by atoms with van der Waals surface area (Å²) < 4.78 is 15.7. The van der Waals surface area contributed by atoms with Crippen LogP contribution in [0.1, 0.15) is 34.2 Å². The molecule has 0 unspecified atom stereocenters. The fourth-order valence-electron chi connectivity index (χ4n) is 2.99. The number of ether oxygens (including phenoxy) is 2. The van der Waals surface area contributed by atoms with E-state index < -0.39 is 0 Å². The molecule has 122 valence electrons. The summed E-state index contributed by atoms with van der Waals surface area (Å²) in [4.78, 5) is 14.3. The van der Waals surface area contributed by atoms with Gasteiger partial charge in [0.25, 0.3) is 5.91 Å². The lowest BCUT2D eigenvalue weighted by Gasteiger charge is -2.17. The van der Waals surface area contributed by atoms with Crippen molar-refractivity contribution in [3.05, 3.63) is 41.3 Å². The summed E-state index contributed by atoms with van der Waals surface area (Å²) in [5, 5.41) is 3.81. The minimum absolute atomic E-state index is 0.0915.